The van der Waals surface area contributed by atoms with Gasteiger partial charge in [0.05, 0.1) is 20.3 Å². The van der Waals surface area contributed by atoms with Gasteiger partial charge in [-0.15, -0.1) is 0 Å². The van der Waals surface area contributed by atoms with E-state index in [2.05, 4.69) is 20.0 Å². The van der Waals surface area contributed by atoms with Crippen LogP contribution in [0.25, 0.3) is 0 Å². The fourth-order valence-electron chi connectivity index (χ4n) is 1.12. The molecule has 1 rings (SSSR count). The molecule has 17 heavy (non-hydrogen) atoms. The highest BCUT2D eigenvalue weighted by molar-refractivity contribution is 5.78. The molecule has 0 aromatic carbocycles. The van der Waals surface area contributed by atoms with Crippen LogP contribution in [0.4, 0.5) is 5.95 Å². The number of carbonyl (C=O) groups excluding carboxylic acids is 1. The van der Waals surface area contributed by atoms with Gasteiger partial charge in [0.1, 0.15) is 0 Å². The lowest BCUT2D eigenvalue weighted by molar-refractivity contribution is -0.142. The third-order valence-corrected chi connectivity index (χ3v) is 1.89. The molecule has 0 aliphatic rings. The number of hydrogen-bond acceptors (Lipinski definition) is 7. The van der Waals surface area contributed by atoms with E-state index in [0.717, 1.165) is 0 Å². The second kappa shape index (κ2) is 6.64. The summed E-state index contributed by atoms with van der Waals surface area (Å²) in [5.41, 5.74) is 0. The van der Waals surface area contributed by atoms with Gasteiger partial charge in [0.25, 0.3) is 0 Å². The van der Waals surface area contributed by atoms with Crippen LogP contribution in [0.2, 0.25) is 0 Å². The zero-order valence-corrected chi connectivity index (χ0v) is 9.71. The summed E-state index contributed by atoms with van der Waals surface area (Å²) >= 11 is 0. The van der Waals surface area contributed by atoms with E-state index in [4.69, 9.17) is 9.84 Å². The number of aromatic nitrogens is 2. The average molecular weight is 241 g/mol. The van der Waals surface area contributed by atoms with Crippen molar-refractivity contribution in [3.63, 3.8) is 0 Å². The molecule has 1 heterocycles. The van der Waals surface area contributed by atoms with Crippen molar-refractivity contribution in [2.24, 2.45) is 0 Å². The number of aliphatic hydroxyl groups is 1. The summed E-state index contributed by atoms with van der Waals surface area (Å²) in [6, 6.07) is 0.706. The molecule has 0 saturated heterocycles. The highest BCUT2D eigenvalue weighted by atomic mass is 16.5. The van der Waals surface area contributed by atoms with Gasteiger partial charge in [-0.2, -0.15) is 4.98 Å². The van der Waals surface area contributed by atoms with Crippen LogP contribution >= 0.6 is 0 Å². The monoisotopic (exact) mass is 241 g/mol. The maximum Gasteiger partial charge on any atom is 0.330 e. The molecule has 1 unspecified atom stereocenters. The molecule has 1 atom stereocenters. The minimum Gasteiger partial charge on any atom is -0.478 e. The Balaban J connectivity index is 2.72. The number of ether oxygens (including phenoxy) is 2. The first-order valence-electron chi connectivity index (χ1n) is 5.12. The third kappa shape index (κ3) is 3.87. The van der Waals surface area contributed by atoms with Crippen molar-refractivity contribution >= 4 is 11.9 Å². The SMILES string of the molecule is CCOc1ccnc(NC(CO)C(=O)OC)n1. The first-order valence-corrected chi connectivity index (χ1v) is 5.12. The van der Waals surface area contributed by atoms with E-state index in [-0.39, 0.29) is 5.95 Å². The molecule has 7 nitrogen and oxygen atoms in total. The Bertz CT molecular complexity index is 372. The molecule has 94 valence electrons. The quantitative estimate of drug-likeness (QED) is 0.667. The Hall–Kier alpha value is -1.89. The molecule has 0 fully saturated rings. The van der Waals surface area contributed by atoms with Crippen LogP contribution in [-0.2, 0) is 9.53 Å². The van der Waals surface area contributed by atoms with Crippen LogP contribution in [-0.4, -0.2) is 47.4 Å². The number of methoxy groups -OCH3 is 1. The van der Waals surface area contributed by atoms with Crippen molar-refractivity contribution in [2.45, 2.75) is 13.0 Å². The molecule has 1 aromatic rings. The van der Waals surface area contributed by atoms with Gasteiger partial charge >= 0.3 is 5.97 Å². The van der Waals surface area contributed by atoms with Crippen LogP contribution in [0.5, 0.6) is 5.88 Å². The predicted molar refractivity (Wildman–Crippen MR) is 59.7 cm³/mol. The van der Waals surface area contributed by atoms with Crippen LogP contribution in [0, 0.1) is 0 Å². The summed E-state index contributed by atoms with van der Waals surface area (Å²) in [5, 5.41) is 11.7. The number of esters is 1. The Morgan fingerprint density at radius 3 is 3.00 bits per heavy atom. The molecule has 0 saturated carbocycles. The van der Waals surface area contributed by atoms with E-state index in [1.54, 1.807) is 6.07 Å². The van der Waals surface area contributed by atoms with Crippen LogP contribution < -0.4 is 10.1 Å². The number of nitrogens with one attached hydrogen (secondary N) is 1. The number of carbonyl (C=O) groups is 1. The highest BCUT2D eigenvalue weighted by Gasteiger charge is 2.18. The Morgan fingerprint density at radius 1 is 1.65 bits per heavy atom. The fourth-order valence-corrected chi connectivity index (χ4v) is 1.12. The van der Waals surface area contributed by atoms with Crippen molar-refractivity contribution in [1.82, 2.24) is 9.97 Å². The van der Waals surface area contributed by atoms with Crippen molar-refractivity contribution in [3.8, 4) is 5.88 Å². The number of aliphatic hydroxyl groups excluding tert-OH is 1. The van der Waals surface area contributed by atoms with Gasteiger partial charge in [-0.1, -0.05) is 0 Å². The molecule has 7 heteroatoms. The maximum atomic E-state index is 11.2. The topological polar surface area (TPSA) is 93.6 Å². The average Bonchev–Trinajstić information content (AvgIpc) is 2.36. The smallest absolute Gasteiger partial charge is 0.330 e. The molecule has 0 aliphatic carbocycles. The third-order valence-electron chi connectivity index (χ3n) is 1.89. The molecule has 0 radical (unpaired) electrons. The van der Waals surface area contributed by atoms with Gasteiger partial charge in [0.2, 0.25) is 11.8 Å². The van der Waals surface area contributed by atoms with E-state index in [1.165, 1.54) is 13.3 Å². The number of nitrogens with zero attached hydrogens (tertiary/aromatic N) is 2. The predicted octanol–water partition coefficient (Wildman–Crippen LogP) is -0.179. The molecule has 0 bridgehead atoms. The Kier molecular flexibility index (Phi) is 5.15. The lowest BCUT2D eigenvalue weighted by atomic mass is 10.3. The summed E-state index contributed by atoms with van der Waals surface area (Å²) in [7, 11) is 1.24. The second-order valence-electron chi connectivity index (χ2n) is 3.05. The summed E-state index contributed by atoms with van der Waals surface area (Å²) in [6.07, 6.45) is 1.49. The van der Waals surface area contributed by atoms with Gasteiger partial charge < -0.3 is 19.9 Å². The van der Waals surface area contributed by atoms with Crippen molar-refractivity contribution < 1.29 is 19.4 Å². The van der Waals surface area contributed by atoms with Gasteiger partial charge in [0, 0.05) is 12.3 Å². The molecular formula is C10H15N3O4. The number of hydrogen-bond donors (Lipinski definition) is 2. The van der Waals surface area contributed by atoms with Gasteiger partial charge in [-0.25, -0.2) is 9.78 Å². The molecule has 2 N–H and O–H groups in total. The number of anilines is 1. The van der Waals surface area contributed by atoms with E-state index >= 15 is 0 Å². The first-order chi connectivity index (χ1) is 8.21. The molecule has 0 aliphatic heterocycles. The van der Waals surface area contributed by atoms with E-state index in [9.17, 15) is 4.79 Å². The minimum absolute atomic E-state index is 0.195. The van der Waals surface area contributed by atoms with E-state index < -0.39 is 18.6 Å². The molecule has 0 amide bonds. The lowest BCUT2D eigenvalue weighted by Crippen LogP contribution is -2.34. The standard InChI is InChI=1S/C10H15N3O4/c1-3-17-8-4-5-11-10(13-8)12-7(6-14)9(15)16-2/h4-5,7,14H,3,6H2,1-2H3,(H,11,12,13). The normalized spacial score (nSPS) is 11.7. The van der Waals surface area contributed by atoms with Crippen LogP contribution in [0.3, 0.4) is 0 Å². The first kappa shape index (κ1) is 13.2. The summed E-state index contributed by atoms with van der Waals surface area (Å²) in [6.45, 7) is 1.91. The molecular weight excluding hydrogens is 226 g/mol. The summed E-state index contributed by atoms with van der Waals surface area (Å²) < 4.78 is 9.68. The van der Waals surface area contributed by atoms with E-state index in [1.807, 2.05) is 6.92 Å². The largest absolute Gasteiger partial charge is 0.478 e. The van der Waals surface area contributed by atoms with Crippen LogP contribution in [0.1, 0.15) is 6.92 Å². The molecule has 0 spiro atoms. The van der Waals surface area contributed by atoms with Crippen molar-refractivity contribution in [1.29, 1.82) is 0 Å². The van der Waals surface area contributed by atoms with Gasteiger partial charge in [-0.3, -0.25) is 0 Å². The Morgan fingerprint density at radius 2 is 2.41 bits per heavy atom. The van der Waals surface area contributed by atoms with Crippen molar-refractivity contribution in [3.05, 3.63) is 12.3 Å². The fraction of sp³-hybridized carbons (Fsp3) is 0.500. The lowest BCUT2D eigenvalue weighted by Gasteiger charge is -2.13. The Labute approximate surface area is 98.8 Å². The van der Waals surface area contributed by atoms with E-state index in [0.29, 0.717) is 12.5 Å². The number of rotatable bonds is 6. The zero-order chi connectivity index (χ0) is 12.7. The van der Waals surface area contributed by atoms with Crippen LogP contribution in [0.15, 0.2) is 12.3 Å². The van der Waals surface area contributed by atoms with Gasteiger partial charge in [-0.05, 0) is 6.92 Å². The summed E-state index contributed by atoms with van der Waals surface area (Å²) in [5.74, 6) is 0.00451. The molecule has 1 aromatic heterocycles. The van der Waals surface area contributed by atoms with Gasteiger partial charge in [0.15, 0.2) is 6.04 Å². The highest BCUT2D eigenvalue weighted by Crippen LogP contribution is 2.09. The zero-order valence-electron chi connectivity index (χ0n) is 9.71. The maximum absolute atomic E-state index is 11.2. The minimum atomic E-state index is -0.892. The summed E-state index contributed by atoms with van der Waals surface area (Å²) in [4.78, 5) is 19.1. The second-order valence-corrected chi connectivity index (χ2v) is 3.05. The van der Waals surface area contributed by atoms with Crippen molar-refractivity contribution in [2.75, 3.05) is 25.6 Å².